The van der Waals surface area contributed by atoms with Crippen molar-refractivity contribution in [2.45, 2.75) is 33.2 Å². The summed E-state index contributed by atoms with van der Waals surface area (Å²) in [6, 6.07) is 1.87. The monoisotopic (exact) mass is 195 g/mol. The number of H-pyrrole nitrogens is 1. The first-order valence-electron chi connectivity index (χ1n) is 4.94. The molecule has 4 heteroatoms. The number of aromatic amines is 1. The van der Waals surface area contributed by atoms with Gasteiger partial charge in [0.05, 0.1) is 5.69 Å². The summed E-state index contributed by atoms with van der Waals surface area (Å²) in [5, 5.41) is 9.62. The third-order valence-corrected chi connectivity index (χ3v) is 2.06. The quantitative estimate of drug-likeness (QED) is 0.753. The molecule has 0 aliphatic rings. The van der Waals surface area contributed by atoms with Gasteiger partial charge in [-0.1, -0.05) is 20.8 Å². The smallest absolute Gasteiger partial charge is 0.268 e. The molecule has 0 fully saturated rings. The summed E-state index contributed by atoms with van der Waals surface area (Å²) in [5.41, 5.74) is 1.58. The van der Waals surface area contributed by atoms with E-state index in [1.165, 1.54) is 0 Å². The minimum Gasteiger partial charge on any atom is -0.313 e. The third-order valence-electron chi connectivity index (χ3n) is 2.06. The summed E-state index contributed by atoms with van der Waals surface area (Å²) >= 11 is 0. The van der Waals surface area contributed by atoms with Gasteiger partial charge in [-0.25, -0.2) is 5.10 Å². The van der Waals surface area contributed by atoms with Crippen LogP contribution in [-0.2, 0) is 6.54 Å². The Kier molecular flexibility index (Phi) is 3.83. The van der Waals surface area contributed by atoms with Crippen LogP contribution < -0.4 is 10.9 Å². The van der Waals surface area contributed by atoms with Crippen LogP contribution in [0.15, 0.2) is 10.9 Å². The maximum atomic E-state index is 11.3. The fourth-order valence-corrected chi connectivity index (χ4v) is 1.15. The second-order valence-electron chi connectivity index (χ2n) is 3.58. The number of hydrogen-bond acceptors (Lipinski definition) is 3. The average molecular weight is 195 g/mol. The van der Waals surface area contributed by atoms with Crippen molar-refractivity contribution in [2.75, 3.05) is 6.54 Å². The Balaban J connectivity index is 2.91. The highest BCUT2D eigenvalue weighted by Gasteiger charge is 2.05. The largest absolute Gasteiger partial charge is 0.313 e. The van der Waals surface area contributed by atoms with Crippen LogP contribution in [-0.4, -0.2) is 16.7 Å². The molecule has 0 saturated carbocycles. The zero-order valence-electron chi connectivity index (χ0n) is 8.92. The maximum Gasteiger partial charge on any atom is 0.268 e. The SMILES string of the molecule is CCNCc1cc(C(C)C)n[nH]c1=O. The van der Waals surface area contributed by atoms with Crippen LogP contribution in [0.3, 0.4) is 0 Å². The predicted molar refractivity (Wildman–Crippen MR) is 56.3 cm³/mol. The number of hydrogen-bond donors (Lipinski definition) is 2. The van der Waals surface area contributed by atoms with E-state index in [9.17, 15) is 4.79 Å². The highest BCUT2D eigenvalue weighted by molar-refractivity contribution is 5.15. The van der Waals surface area contributed by atoms with E-state index in [1.807, 2.05) is 13.0 Å². The molecular weight excluding hydrogens is 178 g/mol. The van der Waals surface area contributed by atoms with E-state index >= 15 is 0 Å². The third kappa shape index (κ3) is 2.67. The van der Waals surface area contributed by atoms with Crippen LogP contribution in [0.5, 0.6) is 0 Å². The Labute approximate surface area is 83.7 Å². The molecule has 78 valence electrons. The molecule has 0 saturated heterocycles. The zero-order chi connectivity index (χ0) is 10.6. The summed E-state index contributed by atoms with van der Waals surface area (Å²) in [4.78, 5) is 11.3. The molecule has 1 rings (SSSR count). The van der Waals surface area contributed by atoms with Gasteiger partial charge in [0, 0.05) is 12.1 Å². The molecular formula is C10H17N3O. The number of rotatable bonds is 4. The fourth-order valence-electron chi connectivity index (χ4n) is 1.15. The molecule has 0 unspecified atom stereocenters. The lowest BCUT2D eigenvalue weighted by molar-refractivity contribution is 0.700. The van der Waals surface area contributed by atoms with E-state index in [2.05, 4.69) is 29.4 Å². The molecule has 1 heterocycles. The zero-order valence-corrected chi connectivity index (χ0v) is 8.92. The lowest BCUT2D eigenvalue weighted by Gasteiger charge is -2.06. The van der Waals surface area contributed by atoms with E-state index in [-0.39, 0.29) is 5.56 Å². The van der Waals surface area contributed by atoms with Crippen LogP contribution in [0.4, 0.5) is 0 Å². The van der Waals surface area contributed by atoms with Crippen molar-refractivity contribution in [3.63, 3.8) is 0 Å². The molecule has 0 amide bonds. The summed E-state index contributed by atoms with van der Waals surface area (Å²) in [7, 11) is 0. The van der Waals surface area contributed by atoms with Crippen LogP contribution in [0.2, 0.25) is 0 Å². The van der Waals surface area contributed by atoms with E-state index in [0.717, 1.165) is 17.8 Å². The van der Waals surface area contributed by atoms with Gasteiger partial charge in [0.25, 0.3) is 5.56 Å². The van der Waals surface area contributed by atoms with Gasteiger partial charge in [-0.2, -0.15) is 5.10 Å². The van der Waals surface area contributed by atoms with Gasteiger partial charge in [0.2, 0.25) is 0 Å². The lowest BCUT2D eigenvalue weighted by Crippen LogP contribution is -2.22. The minimum absolute atomic E-state index is 0.102. The lowest BCUT2D eigenvalue weighted by atomic mass is 10.1. The van der Waals surface area contributed by atoms with Crippen molar-refractivity contribution < 1.29 is 0 Å². The van der Waals surface area contributed by atoms with Crippen LogP contribution in [0, 0.1) is 0 Å². The Morgan fingerprint density at radius 1 is 1.57 bits per heavy atom. The molecule has 1 aromatic heterocycles. The molecule has 4 nitrogen and oxygen atoms in total. The molecule has 14 heavy (non-hydrogen) atoms. The highest BCUT2D eigenvalue weighted by atomic mass is 16.1. The molecule has 2 N–H and O–H groups in total. The average Bonchev–Trinajstić information content (AvgIpc) is 2.16. The van der Waals surface area contributed by atoms with Crippen molar-refractivity contribution >= 4 is 0 Å². The molecule has 0 aromatic carbocycles. The topological polar surface area (TPSA) is 57.8 Å². The Morgan fingerprint density at radius 2 is 2.29 bits per heavy atom. The van der Waals surface area contributed by atoms with Gasteiger partial charge < -0.3 is 5.32 Å². The van der Waals surface area contributed by atoms with Crippen molar-refractivity contribution in [2.24, 2.45) is 0 Å². The Bertz CT molecular complexity index is 343. The van der Waals surface area contributed by atoms with Crippen molar-refractivity contribution in [1.29, 1.82) is 0 Å². The normalized spacial score (nSPS) is 10.9. The molecule has 0 bridgehead atoms. The van der Waals surface area contributed by atoms with Crippen LogP contribution in [0.1, 0.15) is 37.9 Å². The first kappa shape index (κ1) is 10.9. The summed E-state index contributed by atoms with van der Waals surface area (Å²) < 4.78 is 0. The Morgan fingerprint density at radius 3 is 2.86 bits per heavy atom. The standard InChI is InChI=1S/C10H17N3O/c1-4-11-6-8-5-9(7(2)3)12-13-10(8)14/h5,7,11H,4,6H2,1-3H3,(H,13,14). The Hall–Kier alpha value is -1.16. The van der Waals surface area contributed by atoms with Gasteiger partial charge in [-0.05, 0) is 18.5 Å². The van der Waals surface area contributed by atoms with Gasteiger partial charge in [0.1, 0.15) is 0 Å². The number of aromatic nitrogens is 2. The second kappa shape index (κ2) is 4.91. The molecule has 0 aliphatic heterocycles. The summed E-state index contributed by atoms with van der Waals surface area (Å²) in [5.74, 6) is 0.340. The van der Waals surface area contributed by atoms with Crippen LogP contribution in [0.25, 0.3) is 0 Å². The van der Waals surface area contributed by atoms with Crippen LogP contribution >= 0.6 is 0 Å². The molecule has 0 radical (unpaired) electrons. The fraction of sp³-hybridized carbons (Fsp3) is 0.600. The van der Waals surface area contributed by atoms with E-state index in [4.69, 9.17) is 0 Å². The summed E-state index contributed by atoms with van der Waals surface area (Å²) in [6.45, 7) is 7.58. The van der Waals surface area contributed by atoms with Crippen molar-refractivity contribution in [3.05, 3.63) is 27.7 Å². The first-order valence-corrected chi connectivity index (χ1v) is 4.94. The first-order chi connectivity index (χ1) is 6.65. The highest BCUT2D eigenvalue weighted by Crippen LogP contribution is 2.09. The minimum atomic E-state index is -0.102. The molecule has 0 atom stereocenters. The molecule has 0 aliphatic carbocycles. The number of nitrogens with zero attached hydrogens (tertiary/aromatic N) is 1. The van der Waals surface area contributed by atoms with E-state index < -0.39 is 0 Å². The van der Waals surface area contributed by atoms with E-state index in [1.54, 1.807) is 0 Å². The van der Waals surface area contributed by atoms with Gasteiger partial charge in [-0.15, -0.1) is 0 Å². The van der Waals surface area contributed by atoms with Gasteiger partial charge >= 0.3 is 0 Å². The van der Waals surface area contributed by atoms with Crippen molar-refractivity contribution in [3.8, 4) is 0 Å². The molecule has 1 aromatic rings. The predicted octanol–water partition coefficient (Wildman–Crippen LogP) is 1.00. The molecule has 0 spiro atoms. The van der Waals surface area contributed by atoms with Gasteiger partial charge in [-0.3, -0.25) is 4.79 Å². The summed E-state index contributed by atoms with van der Waals surface area (Å²) in [6.07, 6.45) is 0. The second-order valence-corrected chi connectivity index (χ2v) is 3.58. The number of nitrogens with one attached hydrogen (secondary N) is 2. The van der Waals surface area contributed by atoms with Gasteiger partial charge in [0.15, 0.2) is 0 Å². The van der Waals surface area contributed by atoms with E-state index in [0.29, 0.717) is 12.5 Å². The van der Waals surface area contributed by atoms with Crippen molar-refractivity contribution in [1.82, 2.24) is 15.5 Å². The maximum absolute atomic E-state index is 11.3.